The van der Waals surface area contributed by atoms with Gasteiger partial charge < -0.3 is 15.0 Å². The first kappa shape index (κ1) is 19.1. The van der Waals surface area contributed by atoms with E-state index in [0.717, 1.165) is 28.3 Å². The Hall–Kier alpha value is -3.67. The standard InChI is InChI=1S/C22H21N3O3/c1-14-12-17(13-23-18-8-10-19(11-9-18)24-16(3)26)15(2)25(14)21-7-5-4-6-20(21)22(27)28/h4-13H,1-3H3,(H,24,26)(H,27,28). The van der Waals surface area contributed by atoms with Gasteiger partial charge in [0.1, 0.15) is 0 Å². The van der Waals surface area contributed by atoms with Gasteiger partial charge in [0.25, 0.3) is 0 Å². The average molecular weight is 375 g/mol. The molecule has 0 bridgehead atoms. The molecule has 0 aliphatic heterocycles. The maximum Gasteiger partial charge on any atom is 0.337 e. The molecule has 0 spiro atoms. The highest BCUT2D eigenvalue weighted by Gasteiger charge is 2.15. The van der Waals surface area contributed by atoms with Crippen LogP contribution in [-0.4, -0.2) is 27.8 Å². The van der Waals surface area contributed by atoms with E-state index in [1.807, 2.05) is 42.7 Å². The van der Waals surface area contributed by atoms with E-state index in [2.05, 4.69) is 10.3 Å². The van der Waals surface area contributed by atoms with Crippen LogP contribution in [0.4, 0.5) is 11.4 Å². The van der Waals surface area contributed by atoms with Gasteiger partial charge in [-0.1, -0.05) is 12.1 Å². The summed E-state index contributed by atoms with van der Waals surface area (Å²) >= 11 is 0. The number of amides is 1. The third kappa shape index (κ3) is 4.01. The largest absolute Gasteiger partial charge is 0.478 e. The van der Waals surface area contributed by atoms with Crippen molar-refractivity contribution >= 4 is 29.5 Å². The number of hydrogen-bond donors (Lipinski definition) is 2. The second kappa shape index (κ2) is 7.92. The topological polar surface area (TPSA) is 83.7 Å². The molecule has 6 nitrogen and oxygen atoms in total. The Kier molecular flexibility index (Phi) is 5.40. The first-order chi connectivity index (χ1) is 13.4. The van der Waals surface area contributed by atoms with Crippen molar-refractivity contribution in [1.82, 2.24) is 4.57 Å². The number of para-hydroxylation sites is 1. The van der Waals surface area contributed by atoms with Gasteiger partial charge in [-0.05, 0) is 56.3 Å². The van der Waals surface area contributed by atoms with Gasteiger partial charge in [-0.15, -0.1) is 0 Å². The number of nitrogens with zero attached hydrogens (tertiary/aromatic N) is 2. The number of benzene rings is 2. The lowest BCUT2D eigenvalue weighted by Crippen LogP contribution is -2.07. The van der Waals surface area contributed by atoms with Crippen molar-refractivity contribution in [2.24, 2.45) is 4.99 Å². The smallest absolute Gasteiger partial charge is 0.337 e. The zero-order valence-corrected chi connectivity index (χ0v) is 15.9. The van der Waals surface area contributed by atoms with E-state index >= 15 is 0 Å². The molecule has 0 atom stereocenters. The molecule has 0 aliphatic rings. The van der Waals surface area contributed by atoms with Crippen LogP contribution < -0.4 is 5.32 Å². The van der Waals surface area contributed by atoms with E-state index in [1.165, 1.54) is 6.92 Å². The van der Waals surface area contributed by atoms with Crippen molar-refractivity contribution in [3.8, 4) is 5.69 Å². The molecular weight excluding hydrogens is 354 g/mol. The van der Waals surface area contributed by atoms with Crippen LogP contribution in [0.25, 0.3) is 5.69 Å². The van der Waals surface area contributed by atoms with Crippen molar-refractivity contribution in [3.05, 3.63) is 77.1 Å². The first-order valence-corrected chi connectivity index (χ1v) is 8.80. The quantitative estimate of drug-likeness (QED) is 0.644. The summed E-state index contributed by atoms with van der Waals surface area (Å²) in [4.78, 5) is 27.1. The molecule has 1 aromatic heterocycles. The number of carboxylic acid groups (broad SMARTS) is 1. The summed E-state index contributed by atoms with van der Waals surface area (Å²) in [7, 11) is 0. The number of anilines is 1. The summed E-state index contributed by atoms with van der Waals surface area (Å²) in [5.41, 5.74) is 5.09. The lowest BCUT2D eigenvalue weighted by molar-refractivity contribution is -0.114. The maximum absolute atomic E-state index is 11.6. The van der Waals surface area contributed by atoms with E-state index in [-0.39, 0.29) is 11.5 Å². The third-order valence-electron chi connectivity index (χ3n) is 4.39. The van der Waals surface area contributed by atoms with Gasteiger partial charge in [0, 0.05) is 35.8 Å². The number of nitrogens with one attached hydrogen (secondary N) is 1. The van der Waals surface area contributed by atoms with Crippen LogP contribution >= 0.6 is 0 Å². The minimum atomic E-state index is -0.961. The fourth-order valence-electron chi connectivity index (χ4n) is 3.12. The van der Waals surface area contributed by atoms with Gasteiger partial charge in [-0.2, -0.15) is 0 Å². The number of aryl methyl sites for hydroxylation is 1. The number of carboxylic acids is 1. The molecule has 0 fully saturated rings. The maximum atomic E-state index is 11.6. The average Bonchev–Trinajstić information content (AvgIpc) is 2.94. The van der Waals surface area contributed by atoms with E-state index < -0.39 is 5.97 Å². The van der Waals surface area contributed by atoms with Crippen LogP contribution in [0.1, 0.15) is 34.2 Å². The lowest BCUT2D eigenvalue weighted by Gasteiger charge is -2.12. The van der Waals surface area contributed by atoms with Crippen LogP contribution in [0.3, 0.4) is 0 Å². The highest BCUT2D eigenvalue weighted by atomic mass is 16.4. The number of rotatable bonds is 5. The normalized spacial score (nSPS) is 11.0. The summed E-state index contributed by atoms with van der Waals surface area (Å²) in [6.45, 7) is 5.34. The van der Waals surface area contributed by atoms with Crippen LogP contribution in [0.15, 0.2) is 59.6 Å². The molecule has 142 valence electrons. The Labute approximate surface area is 163 Å². The van der Waals surface area contributed by atoms with E-state index in [4.69, 9.17) is 0 Å². The van der Waals surface area contributed by atoms with Gasteiger partial charge in [-0.25, -0.2) is 4.79 Å². The fourth-order valence-corrected chi connectivity index (χ4v) is 3.12. The highest BCUT2D eigenvalue weighted by molar-refractivity contribution is 5.92. The van der Waals surface area contributed by atoms with Crippen molar-refractivity contribution in [2.45, 2.75) is 20.8 Å². The summed E-state index contributed by atoms with van der Waals surface area (Å²) in [6.07, 6.45) is 1.76. The number of aromatic carboxylic acids is 1. The molecule has 0 saturated heterocycles. The number of carbonyl (C=O) groups is 2. The first-order valence-electron chi connectivity index (χ1n) is 8.80. The van der Waals surface area contributed by atoms with Crippen molar-refractivity contribution in [1.29, 1.82) is 0 Å². The predicted molar refractivity (Wildman–Crippen MR) is 110 cm³/mol. The SMILES string of the molecule is CC(=O)Nc1ccc(N=Cc2cc(C)n(-c3ccccc3C(=O)O)c2C)cc1. The summed E-state index contributed by atoms with van der Waals surface area (Å²) in [6, 6.07) is 16.1. The summed E-state index contributed by atoms with van der Waals surface area (Å²) in [5, 5.41) is 12.2. The number of aromatic nitrogens is 1. The van der Waals surface area contributed by atoms with Gasteiger partial charge in [-0.3, -0.25) is 9.79 Å². The third-order valence-corrected chi connectivity index (χ3v) is 4.39. The van der Waals surface area contributed by atoms with E-state index in [1.54, 1.807) is 36.5 Å². The highest BCUT2D eigenvalue weighted by Crippen LogP contribution is 2.24. The molecule has 1 amide bonds. The Morgan fingerprint density at radius 1 is 1.07 bits per heavy atom. The molecular formula is C22H21N3O3. The number of aliphatic imine (C=N–C) groups is 1. The summed E-state index contributed by atoms with van der Waals surface area (Å²) < 4.78 is 1.92. The molecule has 3 rings (SSSR count). The van der Waals surface area contributed by atoms with Gasteiger partial charge in [0.15, 0.2) is 0 Å². The van der Waals surface area contributed by atoms with Crippen molar-refractivity contribution < 1.29 is 14.7 Å². The van der Waals surface area contributed by atoms with Crippen LogP contribution in [0.2, 0.25) is 0 Å². The minimum Gasteiger partial charge on any atom is -0.478 e. The molecule has 0 unspecified atom stereocenters. The molecule has 0 radical (unpaired) electrons. The van der Waals surface area contributed by atoms with Crippen molar-refractivity contribution in [2.75, 3.05) is 5.32 Å². The predicted octanol–water partition coefficient (Wildman–Crippen LogP) is 4.50. The molecule has 0 saturated carbocycles. The molecule has 28 heavy (non-hydrogen) atoms. The van der Waals surface area contributed by atoms with Crippen LogP contribution in [0.5, 0.6) is 0 Å². The molecule has 3 aromatic rings. The fraction of sp³-hybridized carbons (Fsp3) is 0.136. The van der Waals surface area contributed by atoms with E-state index in [0.29, 0.717) is 5.69 Å². The Bertz CT molecular complexity index is 1060. The molecule has 0 aliphatic carbocycles. The second-order valence-electron chi connectivity index (χ2n) is 6.47. The lowest BCUT2D eigenvalue weighted by atomic mass is 10.1. The van der Waals surface area contributed by atoms with Gasteiger partial charge in [0.2, 0.25) is 5.91 Å². The zero-order valence-electron chi connectivity index (χ0n) is 15.9. The second-order valence-corrected chi connectivity index (χ2v) is 6.47. The van der Waals surface area contributed by atoms with Crippen LogP contribution in [-0.2, 0) is 4.79 Å². The minimum absolute atomic E-state index is 0.120. The Balaban J connectivity index is 1.91. The summed E-state index contributed by atoms with van der Waals surface area (Å²) in [5.74, 6) is -1.08. The Morgan fingerprint density at radius 2 is 1.75 bits per heavy atom. The van der Waals surface area contributed by atoms with Crippen LogP contribution in [0, 0.1) is 13.8 Å². The molecule has 2 N–H and O–H groups in total. The Morgan fingerprint density at radius 3 is 2.39 bits per heavy atom. The molecule has 1 heterocycles. The number of hydrogen-bond acceptors (Lipinski definition) is 3. The van der Waals surface area contributed by atoms with E-state index in [9.17, 15) is 14.7 Å². The monoisotopic (exact) mass is 375 g/mol. The number of carbonyl (C=O) groups excluding carboxylic acids is 1. The van der Waals surface area contributed by atoms with Crippen molar-refractivity contribution in [3.63, 3.8) is 0 Å². The molecule has 6 heteroatoms. The van der Waals surface area contributed by atoms with Gasteiger partial charge >= 0.3 is 5.97 Å². The molecule has 2 aromatic carbocycles. The zero-order chi connectivity index (χ0) is 20.3. The van der Waals surface area contributed by atoms with Gasteiger partial charge in [0.05, 0.1) is 16.9 Å².